The summed E-state index contributed by atoms with van der Waals surface area (Å²) in [6, 6.07) is 5.72. The van der Waals surface area contributed by atoms with Crippen molar-refractivity contribution < 1.29 is 9.53 Å². The van der Waals surface area contributed by atoms with Gasteiger partial charge in [0.05, 0.1) is 11.8 Å². The van der Waals surface area contributed by atoms with E-state index >= 15 is 0 Å². The average Bonchev–Trinajstić information content (AvgIpc) is 2.15. The Balaban J connectivity index is 2.58. The molecule has 0 spiro atoms. The predicted octanol–water partition coefficient (Wildman–Crippen LogP) is 3.58. The molecule has 0 aromatic heterocycles. The molecule has 0 radical (unpaired) electrons. The summed E-state index contributed by atoms with van der Waals surface area (Å²) in [5.41, 5.74) is 0.850. The maximum absolute atomic E-state index is 11.3. The zero-order chi connectivity index (χ0) is 12.1. The third-order valence-corrected chi connectivity index (χ3v) is 3.06. The molecular weight excluding hydrogens is 338 g/mol. The van der Waals surface area contributed by atoms with E-state index in [2.05, 4.69) is 37.2 Å². The van der Waals surface area contributed by atoms with Gasteiger partial charge in [-0.05, 0) is 57.8 Å². The van der Waals surface area contributed by atoms with Crippen molar-refractivity contribution in [2.45, 2.75) is 20.0 Å². The zero-order valence-corrected chi connectivity index (χ0v) is 12.3. The molecule has 0 aliphatic rings. The van der Waals surface area contributed by atoms with E-state index in [-0.39, 0.29) is 18.6 Å². The molecule has 1 N–H and O–H groups in total. The van der Waals surface area contributed by atoms with Crippen LogP contribution >= 0.6 is 31.9 Å². The van der Waals surface area contributed by atoms with Crippen molar-refractivity contribution in [3.8, 4) is 0 Å². The van der Waals surface area contributed by atoms with Crippen molar-refractivity contribution in [3.05, 3.63) is 27.1 Å². The summed E-state index contributed by atoms with van der Waals surface area (Å²) in [5, 5.41) is 3.02. The predicted molar refractivity (Wildman–Crippen MR) is 71.6 cm³/mol. The van der Waals surface area contributed by atoms with E-state index in [1.807, 2.05) is 32.0 Å². The number of halogens is 2. The highest BCUT2D eigenvalue weighted by atomic mass is 79.9. The second kappa shape index (κ2) is 6.25. The highest BCUT2D eigenvalue weighted by Crippen LogP contribution is 2.30. The minimum absolute atomic E-state index is 0.0862. The van der Waals surface area contributed by atoms with Crippen molar-refractivity contribution in [1.29, 1.82) is 0 Å². The summed E-state index contributed by atoms with van der Waals surface area (Å²) < 4.78 is 6.82. The Morgan fingerprint density at radius 1 is 1.38 bits per heavy atom. The lowest BCUT2D eigenvalue weighted by molar-refractivity contribution is -0.145. The lowest BCUT2D eigenvalue weighted by Crippen LogP contribution is -2.20. The number of ether oxygens (including phenoxy) is 1. The number of anilines is 1. The van der Waals surface area contributed by atoms with Crippen LogP contribution in [0.5, 0.6) is 0 Å². The Morgan fingerprint density at radius 2 is 1.94 bits per heavy atom. The Bertz CT molecular complexity index is 360. The molecule has 0 saturated heterocycles. The van der Waals surface area contributed by atoms with Gasteiger partial charge in [-0.3, -0.25) is 4.79 Å². The highest BCUT2D eigenvalue weighted by Gasteiger charge is 2.08. The highest BCUT2D eigenvalue weighted by molar-refractivity contribution is 9.11. The first-order valence-electron chi connectivity index (χ1n) is 4.88. The van der Waals surface area contributed by atoms with Crippen molar-refractivity contribution in [1.82, 2.24) is 0 Å². The Morgan fingerprint density at radius 3 is 2.44 bits per heavy atom. The smallest absolute Gasteiger partial charge is 0.325 e. The molecule has 5 heteroatoms. The van der Waals surface area contributed by atoms with E-state index in [0.29, 0.717) is 0 Å². The maximum Gasteiger partial charge on any atom is 0.325 e. The van der Waals surface area contributed by atoms with Crippen molar-refractivity contribution in [2.24, 2.45) is 0 Å². The van der Waals surface area contributed by atoms with Crippen LogP contribution in [0, 0.1) is 0 Å². The minimum atomic E-state index is -0.266. The molecule has 0 amide bonds. The SMILES string of the molecule is CC(C)OC(=O)CNc1c(Br)cccc1Br. The molecule has 1 aromatic rings. The average molecular weight is 351 g/mol. The summed E-state index contributed by atoms with van der Waals surface area (Å²) in [5.74, 6) is -0.266. The molecule has 0 fully saturated rings. The van der Waals surface area contributed by atoms with Gasteiger partial charge in [0.1, 0.15) is 6.54 Å². The zero-order valence-electron chi connectivity index (χ0n) is 9.09. The van der Waals surface area contributed by atoms with E-state index in [4.69, 9.17) is 4.74 Å². The van der Waals surface area contributed by atoms with Gasteiger partial charge in [-0.1, -0.05) is 6.07 Å². The van der Waals surface area contributed by atoms with Crippen molar-refractivity contribution in [3.63, 3.8) is 0 Å². The molecule has 0 heterocycles. The molecule has 0 aliphatic carbocycles. The number of para-hydroxylation sites is 1. The van der Waals surface area contributed by atoms with Crippen LogP contribution in [0.1, 0.15) is 13.8 Å². The fraction of sp³-hybridized carbons (Fsp3) is 0.364. The van der Waals surface area contributed by atoms with Crippen LogP contribution in [0.25, 0.3) is 0 Å². The molecule has 0 unspecified atom stereocenters. The molecule has 88 valence electrons. The van der Waals surface area contributed by atoms with Gasteiger partial charge < -0.3 is 10.1 Å². The van der Waals surface area contributed by atoms with Gasteiger partial charge in [-0.2, -0.15) is 0 Å². The maximum atomic E-state index is 11.3. The van der Waals surface area contributed by atoms with Gasteiger partial charge in [0.2, 0.25) is 0 Å². The van der Waals surface area contributed by atoms with Crippen LogP contribution in [-0.4, -0.2) is 18.6 Å². The Hall–Kier alpha value is -0.550. The fourth-order valence-electron chi connectivity index (χ4n) is 1.13. The largest absolute Gasteiger partial charge is 0.462 e. The first kappa shape index (κ1) is 13.5. The summed E-state index contributed by atoms with van der Waals surface area (Å²) in [4.78, 5) is 11.3. The summed E-state index contributed by atoms with van der Waals surface area (Å²) >= 11 is 6.81. The molecule has 1 rings (SSSR count). The quantitative estimate of drug-likeness (QED) is 0.843. The third kappa shape index (κ3) is 4.14. The second-order valence-corrected chi connectivity index (χ2v) is 5.20. The number of nitrogens with one attached hydrogen (secondary N) is 1. The van der Waals surface area contributed by atoms with Crippen LogP contribution in [0.4, 0.5) is 5.69 Å². The molecule has 3 nitrogen and oxygen atoms in total. The van der Waals surface area contributed by atoms with Gasteiger partial charge in [-0.15, -0.1) is 0 Å². The molecule has 0 atom stereocenters. The van der Waals surface area contributed by atoms with Crippen LogP contribution in [0.15, 0.2) is 27.1 Å². The molecular formula is C11H13Br2NO2. The number of rotatable bonds is 4. The van der Waals surface area contributed by atoms with Gasteiger partial charge in [0.25, 0.3) is 0 Å². The Labute approximate surface area is 112 Å². The third-order valence-electron chi connectivity index (χ3n) is 1.74. The van der Waals surface area contributed by atoms with Gasteiger partial charge >= 0.3 is 5.97 Å². The summed E-state index contributed by atoms with van der Waals surface area (Å²) in [6.45, 7) is 3.80. The van der Waals surface area contributed by atoms with E-state index in [1.165, 1.54) is 0 Å². The lowest BCUT2D eigenvalue weighted by Gasteiger charge is -2.11. The van der Waals surface area contributed by atoms with Gasteiger partial charge in [0, 0.05) is 8.95 Å². The van der Waals surface area contributed by atoms with E-state index in [1.54, 1.807) is 0 Å². The minimum Gasteiger partial charge on any atom is -0.462 e. The number of hydrogen-bond donors (Lipinski definition) is 1. The molecule has 0 aliphatic heterocycles. The van der Waals surface area contributed by atoms with Crippen LogP contribution in [0.3, 0.4) is 0 Å². The van der Waals surface area contributed by atoms with E-state index in [0.717, 1.165) is 14.6 Å². The van der Waals surface area contributed by atoms with Crippen molar-refractivity contribution in [2.75, 3.05) is 11.9 Å². The number of benzene rings is 1. The summed E-state index contributed by atoms with van der Waals surface area (Å²) in [6.07, 6.45) is -0.0862. The van der Waals surface area contributed by atoms with E-state index in [9.17, 15) is 4.79 Å². The lowest BCUT2D eigenvalue weighted by atomic mass is 10.3. The molecule has 16 heavy (non-hydrogen) atoms. The first-order valence-corrected chi connectivity index (χ1v) is 6.46. The van der Waals surface area contributed by atoms with Crippen molar-refractivity contribution >= 4 is 43.5 Å². The van der Waals surface area contributed by atoms with Gasteiger partial charge in [-0.25, -0.2) is 0 Å². The normalized spacial score (nSPS) is 10.3. The second-order valence-electron chi connectivity index (χ2n) is 3.49. The standard InChI is InChI=1S/C11H13Br2NO2/c1-7(2)16-10(15)6-14-11-8(12)4-3-5-9(11)13/h3-5,7,14H,6H2,1-2H3. The summed E-state index contributed by atoms with van der Waals surface area (Å²) in [7, 11) is 0. The molecule has 1 aromatic carbocycles. The molecule has 0 saturated carbocycles. The van der Waals surface area contributed by atoms with Crippen LogP contribution < -0.4 is 5.32 Å². The first-order chi connectivity index (χ1) is 7.50. The topological polar surface area (TPSA) is 38.3 Å². The number of esters is 1. The van der Waals surface area contributed by atoms with E-state index < -0.39 is 0 Å². The monoisotopic (exact) mass is 349 g/mol. The van der Waals surface area contributed by atoms with Crippen LogP contribution in [0.2, 0.25) is 0 Å². The van der Waals surface area contributed by atoms with Crippen LogP contribution in [-0.2, 0) is 9.53 Å². The number of carbonyl (C=O) groups is 1. The fourth-order valence-corrected chi connectivity index (χ4v) is 2.41. The molecule has 0 bridgehead atoms. The Kier molecular flexibility index (Phi) is 5.28. The number of carbonyl (C=O) groups excluding carboxylic acids is 1. The number of hydrogen-bond acceptors (Lipinski definition) is 3. The van der Waals surface area contributed by atoms with Gasteiger partial charge in [0.15, 0.2) is 0 Å².